The highest BCUT2D eigenvalue weighted by Gasteiger charge is 1.79. The fraction of sp³-hybridized carbons (Fsp3) is 0.750. The Hall–Kier alpha value is -0.570. The molecule has 1 N–H and O–H groups in total. The number of nitrogens with zero attached hydrogens (tertiary/aromatic N) is 1. The van der Waals surface area contributed by atoms with Crippen molar-refractivity contribution in [3.05, 3.63) is 0 Å². The lowest BCUT2D eigenvalue weighted by Gasteiger charge is -1.97. The van der Waals surface area contributed by atoms with Crippen molar-refractivity contribution < 1.29 is 4.84 Å². The number of nitrogens with one attached hydrogen (secondary N) is 1. The number of hydrogen-bond acceptors (Lipinski definition) is 1. The van der Waals surface area contributed by atoms with Gasteiger partial charge in [0.05, 0.1) is 6.61 Å². The summed E-state index contributed by atoms with van der Waals surface area (Å²) in [5, 5.41) is 8.36. The van der Waals surface area contributed by atoms with Gasteiger partial charge >= 0.3 is 0 Å². The van der Waals surface area contributed by atoms with E-state index in [1.54, 1.807) is 0 Å². The second kappa shape index (κ2) is 3.61. The molecule has 0 aliphatic carbocycles. The fourth-order valence-electron chi connectivity index (χ4n) is 0.177. The van der Waals surface area contributed by atoms with Crippen molar-refractivity contribution in [2.45, 2.75) is 13.8 Å². The third-order valence-corrected chi connectivity index (χ3v) is 0.364. The summed E-state index contributed by atoms with van der Waals surface area (Å²) in [5.41, 5.74) is 2.27. The highest BCUT2D eigenvalue weighted by atomic mass is 16.6. The molecule has 0 bridgehead atoms. The summed E-state index contributed by atoms with van der Waals surface area (Å²) in [7, 11) is 0. The molecule has 3 heteroatoms. The summed E-state index contributed by atoms with van der Waals surface area (Å²) in [6.07, 6.45) is 0. The van der Waals surface area contributed by atoms with Crippen LogP contribution in [0.15, 0.2) is 0 Å². The highest BCUT2D eigenvalue weighted by Crippen LogP contribution is 1.61. The maximum atomic E-state index is 8.36. The first-order valence-electron chi connectivity index (χ1n) is 2.17. The van der Waals surface area contributed by atoms with Crippen LogP contribution in [0, 0.1) is 0 Å². The molecule has 0 saturated carbocycles. The highest BCUT2D eigenvalue weighted by molar-refractivity contribution is 5.75. The molecule has 1 radical (unpaired) electrons. The molecule has 0 heterocycles. The lowest BCUT2D eigenvalue weighted by atomic mass is 10.7. The van der Waals surface area contributed by atoms with Crippen molar-refractivity contribution in [1.82, 2.24) is 10.9 Å². The number of hydrogen-bond donors (Lipinski definition) is 1. The van der Waals surface area contributed by atoms with Crippen molar-refractivity contribution in [3.63, 3.8) is 0 Å². The van der Waals surface area contributed by atoms with E-state index in [0.717, 1.165) is 0 Å². The van der Waals surface area contributed by atoms with E-state index in [1.165, 1.54) is 6.92 Å². The Balaban J connectivity index is 2.82. The molecule has 41 valence electrons. The molecular weight excluding hydrogens is 92.1 g/mol. The molecule has 0 aliphatic rings. The van der Waals surface area contributed by atoms with Gasteiger partial charge in [0.2, 0.25) is 0 Å². The van der Waals surface area contributed by atoms with Crippen LogP contribution < -0.4 is 10.9 Å². The molecule has 0 aromatic carbocycles. The van der Waals surface area contributed by atoms with Gasteiger partial charge in [0, 0.05) is 0 Å². The Labute approximate surface area is 43.1 Å². The van der Waals surface area contributed by atoms with E-state index >= 15 is 0 Å². The molecule has 0 fully saturated rings. The van der Waals surface area contributed by atoms with E-state index < -0.39 is 0 Å². The maximum absolute atomic E-state index is 8.36. The predicted octanol–water partition coefficient (Wildman–Crippen LogP) is -0.254. The SMILES string of the molecule is CCONC(C)=[N]. The number of amidine groups is 1. The third kappa shape index (κ3) is 5.43. The molecule has 0 aromatic heterocycles. The Bertz CT molecular complexity index is 62.7. The van der Waals surface area contributed by atoms with Crippen LogP contribution in [0.5, 0.6) is 0 Å². The van der Waals surface area contributed by atoms with Gasteiger partial charge in [0.1, 0.15) is 5.84 Å². The molecule has 0 atom stereocenters. The molecule has 0 saturated heterocycles. The minimum atomic E-state index is 0.0850. The van der Waals surface area contributed by atoms with Crippen LogP contribution in [0.25, 0.3) is 0 Å². The standard InChI is InChI=1S/C4H9N2O/c1-3-7-6-4(2)5/h6H,3H2,1-2H3. The molecule has 0 aliphatic heterocycles. The van der Waals surface area contributed by atoms with Crippen molar-refractivity contribution in [2.75, 3.05) is 6.61 Å². The molecule has 7 heavy (non-hydrogen) atoms. The van der Waals surface area contributed by atoms with Gasteiger partial charge in [-0.3, -0.25) is 10.3 Å². The van der Waals surface area contributed by atoms with Crippen LogP contribution in [0.4, 0.5) is 0 Å². The van der Waals surface area contributed by atoms with Gasteiger partial charge in [0.25, 0.3) is 0 Å². The molecule has 0 amide bonds. The van der Waals surface area contributed by atoms with Crippen LogP contribution in [0.1, 0.15) is 13.8 Å². The summed E-state index contributed by atoms with van der Waals surface area (Å²) in [4.78, 5) is 4.56. The quantitative estimate of drug-likeness (QED) is 0.296. The smallest absolute Gasteiger partial charge is 0.145 e. The average Bonchev–Trinajstić information content (AvgIpc) is 1.61. The summed E-state index contributed by atoms with van der Waals surface area (Å²) in [5.74, 6) is 0.0850. The average molecular weight is 101 g/mol. The van der Waals surface area contributed by atoms with Gasteiger partial charge in [-0.25, -0.2) is 0 Å². The molecule has 0 spiro atoms. The third-order valence-electron chi connectivity index (χ3n) is 0.364. The molecular formula is C4H9N2O. The number of hydroxylamine groups is 1. The zero-order chi connectivity index (χ0) is 5.70. The van der Waals surface area contributed by atoms with Gasteiger partial charge in [-0.05, 0) is 13.8 Å². The van der Waals surface area contributed by atoms with Crippen molar-refractivity contribution >= 4 is 5.84 Å². The van der Waals surface area contributed by atoms with E-state index in [2.05, 4.69) is 10.3 Å². The first kappa shape index (κ1) is 6.43. The van der Waals surface area contributed by atoms with Crippen molar-refractivity contribution in [3.8, 4) is 0 Å². The molecule has 0 aromatic rings. The minimum absolute atomic E-state index is 0.0850. The zero-order valence-electron chi connectivity index (χ0n) is 4.56. The van der Waals surface area contributed by atoms with Crippen LogP contribution in [0.3, 0.4) is 0 Å². The first-order valence-corrected chi connectivity index (χ1v) is 2.17. The Morgan fingerprint density at radius 3 is 2.57 bits per heavy atom. The van der Waals surface area contributed by atoms with Gasteiger partial charge in [-0.2, -0.15) is 0 Å². The normalized spacial score (nSPS) is 8.29. The predicted molar refractivity (Wildman–Crippen MR) is 27.6 cm³/mol. The van der Waals surface area contributed by atoms with Crippen molar-refractivity contribution in [2.24, 2.45) is 0 Å². The Morgan fingerprint density at radius 1 is 1.86 bits per heavy atom. The van der Waals surface area contributed by atoms with Crippen LogP contribution >= 0.6 is 0 Å². The summed E-state index contributed by atoms with van der Waals surface area (Å²) >= 11 is 0. The maximum Gasteiger partial charge on any atom is 0.145 e. The largest absolute Gasteiger partial charge is 0.275 e. The van der Waals surface area contributed by atoms with Crippen LogP contribution in [-0.4, -0.2) is 12.4 Å². The Kier molecular flexibility index (Phi) is 3.32. The monoisotopic (exact) mass is 101 g/mol. The molecule has 3 nitrogen and oxygen atoms in total. The lowest BCUT2D eigenvalue weighted by molar-refractivity contribution is 0.0965. The van der Waals surface area contributed by atoms with Gasteiger partial charge in [0.15, 0.2) is 0 Å². The summed E-state index contributed by atoms with van der Waals surface area (Å²) in [6, 6.07) is 0. The van der Waals surface area contributed by atoms with Gasteiger partial charge in [-0.1, -0.05) is 0 Å². The lowest BCUT2D eigenvalue weighted by Crippen LogP contribution is -2.20. The van der Waals surface area contributed by atoms with Crippen LogP contribution in [-0.2, 0) is 4.84 Å². The minimum Gasteiger partial charge on any atom is -0.275 e. The van der Waals surface area contributed by atoms with Crippen molar-refractivity contribution in [1.29, 1.82) is 0 Å². The summed E-state index contributed by atoms with van der Waals surface area (Å²) < 4.78 is 0. The van der Waals surface area contributed by atoms with E-state index in [9.17, 15) is 0 Å². The second-order valence-electron chi connectivity index (χ2n) is 1.12. The Morgan fingerprint density at radius 2 is 2.43 bits per heavy atom. The number of rotatable bonds is 2. The first-order chi connectivity index (χ1) is 3.27. The topological polar surface area (TPSA) is 43.6 Å². The zero-order valence-corrected chi connectivity index (χ0v) is 4.56. The summed E-state index contributed by atoms with van der Waals surface area (Å²) in [6.45, 7) is 3.89. The van der Waals surface area contributed by atoms with Gasteiger partial charge < -0.3 is 0 Å². The van der Waals surface area contributed by atoms with Gasteiger partial charge in [-0.15, -0.1) is 5.41 Å². The van der Waals surface area contributed by atoms with E-state index in [-0.39, 0.29) is 5.84 Å². The fourth-order valence-corrected chi connectivity index (χ4v) is 0.177. The molecule has 0 unspecified atom stereocenters. The van der Waals surface area contributed by atoms with E-state index in [4.69, 9.17) is 5.41 Å². The second-order valence-corrected chi connectivity index (χ2v) is 1.12. The van der Waals surface area contributed by atoms with Crippen LogP contribution in [0.2, 0.25) is 0 Å². The van der Waals surface area contributed by atoms with E-state index in [0.29, 0.717) is 6.61 Å². The molecule has 0 rings (SSSR count). The van der Waals surface area contributed by atoms with E-state index in [1.807, 2.05) is 6.92 Å².